The van der Waals surface area contributed by atoms with E-state index in [0.717, 1.165) is 37.9 Å². The largest absolute Gasteiger partial charge is 0.504 e. The summed E-state index contributed by atoms with van der Waals surface area (Å²) in [6, 6.07) is 3.49. The van der Waals surface area contributed by atoms with Gasteiger partial charge in [0.25, 0.3) is 0 Å². The van der Waals surface area contributed by atoms with Crippen LogP contribution in [0.4, 0.5) is 0 Å². The second-order valence-corrected chi connectivity index (χ2v) is 4.88. The Morgan fingerprint density at radius 3 is 2.76 bits per heavy atom. The molecule has 0 bridgehead atoms. The first-order valence-electron chi connectivity index (χ1n) is 5.97. The molecule has 0 aromatic heterocycles. The van der Waals surface area contributed by atoms with Gasteiger partial charge >= 0.3 is 0 Å². The molecule has 0 saturated carbocycles. The zero-order valence-corrected chi connectivity index (χ0v) is 10.8. The maximum absolute atomic E-state index is 10.1. The predicted molar refractivity (Wildman–Crippen MR) is 69.0 cm³/mol. The van der Waals surface area contributed by atoms with Crippen LogP contribution in [-0.4, -0.2) is 25.3 Å². The van der Waals surface area contributed by atoms with E-state index in [-0.39, 0.29) is 5.75 Å². The molecule has 3 nitrogen and oxygen atoms in total. The first-order chi connectivity index (χ1) is 8.22. The number of benzene rings is 1. The number of aromatic hydroxyl groups is 1. The van der Waals surface area contributed by atoms with Crippen molar-refractivity contribution in [1.82, 2.24) is 5.32 Å². The minimum absolute atomic E-state index is 0.193. The first kappa shape index (κ1) is 12.5. The van der Waals surface area contributed by atoms with E-state index in [1.54, 1.807) is 19.2 Å². The fourth-order valence-corrected chi connectivity index (χ4v) is 2.55. The summed E-state index contributed by atoms with van der Waals surface area (Å²) in [6.45, 7) is 2.10. The fraction of sp³-hybridized carbons (Fsp3) is 0.538. The molecule has 1 aromatic carbocycles. The number of hydrogen-bond acceptors (Lipinski definition) is 3. The van der Waals surface area contributed by atoms with Gasteiger partial charge in [0.05, 0.1) is 7.11 Å². The normalized spacial score (nSPS) is 17.1. The molecule has 1 aromatic rings. The Hall–Kier alpha value is -0.930. The highest BCUT2D eigenvalue weighted by Crippen LogP contribution is 2.37. The highest BCUT2D eigenvalue weighted by Gasteiger charge is 2.19. The summed E-state index contributed by atoms with van der Waals surface area (Å²) in [5.74, 6) is 1.28. The third-order valence-electron chi connectivity index (χ3n) is 3.36. The molecule has 2 rings (SSSR count). The molecular formula is C13H18ClNO2. The predicted octanol–water partition coefficient (Wildman–Crippen LogP) is 2.60. The molecule has 17 heavy (non-hydrogen) atoms. The Bertz CT molecular complexity index is 389. The van der Waals surface area contributed by atoms with Crippen molar-refractivity contribution in [2.24, 2.45) is 5.92 Å². The summed E-state index contributed by atoms with van der Waals surface area (Å²) in [4.78, 5) is 0. The van der Waals surface area contributed by atoms with Crippen LogP contribution in [0.3, 0.4) is 0 Å². The van der Waals surface area contributed by atoms with Crippen molar-refractivity contribution in [2.75, 3.05) is 20.2 Å². The van der Waals surface area contributed by atoms with E-state index in [1.807, 2.05) is 0 Å². The second kappa shape index (κ2) is 5.61. The molecule has 0 unspecified atom stereocenters. The second-order valence-electron chi connectivity index (χ2n) is 4.47. The molecule has 1 aliphatic heterocycles. The molecule has 2 N–H and O–H groups in total. The average molecular weight is 256 g/mol. The molecule has 0 atom stereocenters. The summed E-state index contributed by atoms with van der Waals surface area (Å²) < 4.78 is 5.11. The van der Waals surface area contributed by atoms with Gasteiger partial charge in [0.1, 0.15) is 0 Å². The number of nitrogens with one attached hydrogen (secondary N) is 1. The Balaban J connectivity index is 2.18. The van der Waals surface area contributed by atoms with Gasteiger partial charge in [-0.15, -0.1) is 0 Å². The van der Waals surface area contributed by atoms with Gasteiger partial charge in [0.15, 0.2) is 11.5 Å². The van der Waals surface area contributed by atoms with Crippen LogP contribution in [0.2, 0.25) is 5.02 Å². The van der Waals surface area contributed by atoms with E-state index in [2.05, 4.69) is 5.32 Å². The summed E-state index contributed by atoms with van der Waals surface area (Å²) >= 11 is 6.15. The van der Waals surface area contributed by atoms with E-state index in [9.17, 15) is 5.11 Å². The molecule has 1 aliphatic rings. The quantitative estimate of drug-likeness (QED) is 0.872. The molecule has 0 spiro atoms. The Morgan fingerprint density at radius 2 is 2.12 bits per heavy atom. The van der Waals surface area contributed by atoms with Crippen molar-refractivity contribution in [3.63, 3.8) is 0 Å². The Kier molecular flexibility index (Phi) is 4.13. The van der Waals surface area contributed by atoms with Crippen molar-refractivity contribution in [2.45, 2.75) is 19.3 Å². The number of methoxy groups -OCH3 is 1. The third kappa shape index (κ3) is 2.85. The minimum atomic E-state index is 0.193. The van der Waals surface area contributed by atoms with Crippen LogP contribution in [0.15, 0.2) is 12.1 Å². The van der Waals surface area contributed by atoms with Gasteiger partial charge in [-0.05, 0) is 50.4 Å². The lowest BCUT2D eigenvalue weighted by molar-refractivity contribution is 0.352. The summed E-state index contributed by atoms with van der Waals surface area (Å²) in [5, 5.41) is 14.0. The van der Waals surface area contributed by atoms with E-state index >= 15 is 0 Å². The van der Waals surface area contributed by atoms with Crippen LogP contribution in [0.1, 0.15) is 18.4 Å². The Morgan fingerprint density at radius 1 is 1.41 bits per heavy atom. The third-order valence-corrected chi connectivity index (χ3v) is 3.71. The van der Waals surface area contributed by atoms with Gasteiger partial charge in [-0.25, -0.2) is 0 Å². The summed E-state index contributed by atoms with van der Waals surface area (Å²) in [7, 11) is 1.55. The number of ether oxygens (including phenoxy) is 1. The Labute approximate surface area is 107 Å². The SMILES string of the molecule is COc1ccc(Cl)c(CC2CCNCC2)c1O. The highest BCUT2D eigenvalue weighted by atomic mass is 35.5. The van der Waals surface area contributed by atoms with E-state index in [0.29, 0.717) is 16.7 Å². The molecule has 0 radical (unpaired) electrons. The van der Waals surface area contributed by atoms with Crippen LogP contribution >= 0.6 is 11.6 Å². The van der Waals surface area contributed by atoms with E-state index in [1.165, 1.54) is 0 Å². The molecule has 1 heterocycles. The lowest BCUT2D eigenvalue weighted by Gasteiger charge is -2.23. The van der Waals surface area contributed by atoms with Gasteiger partial charge in [0, 0.05) is 10.6 Å². The topological polar surface area (TPSA) is 41.5 Å². The smallest absolute Gasteiger partial charge is 0.162 e. The van der Waals surface area contributed by atoms with Gasteiger partial charge < -0.3 is 15.2 Å². The maximum atomic E-state index is 10.1. The monoisotopic (exact) mass is 255 g/mol. The standard InChI is InChI=1S/C13H18ClNO2/c1-17-12-3-2-11(14)10(13(12)16)8-9-4-6-15-7-5-9/h2-3,9,15-16H,4-8H2,1H3. The lowest BCUT2D eigenvalue weighted by Crippen LogP contribution is -2.28. The molecule has 0 amide bonds. The number of hydrogen-bond donors (Lipinski definition) is 2. The van der Waals surface area contributed by atoms with Crippen LogP contribution in [0.5, 0.6) is 11.5 Å². The van der Waals surface area contributed by atoms with Crippen molar-refractivity contribution in [1.29, 1.82) is 0 Å². The van der Waals surface area contributed by atoms with Crippen molar-refractivity contribution < 1.29 is 9.84 Å². The zero-order chi connectivity index (χ0) is 12.3. The number of phenols is 1. The highest BCUT2D eigenvalue weighted by molar-refractivity contribution is 6.31. The molecule has 1 saturated heterocycles. The van der Waals surface area contributed by atoms with E-state index < -0.39 is 0 Å². The first-order valence-corrected chi connectivity index (χ1v) is 6.35. The summed E-state index contributed by atoms with van der Waals surface area (Å²) in [5.41, 5.74) is 0.818. The fourth-order valence-electron chi connectivity index (χ4n) is 2.32. The average Bonchev–Trinajstić information content (AvgIpc) is 2.36. The molecule has 0 aliphatic carbocycles. The number of piperidine rings is 1. The molecular weight excluding hydrogens is 238 g/mol. The maximum Gasteiger partial charge on any atom is 0.162 e. The van der Waals surface area contributed by atoms with Crippen molar-refractivity contribution in [3.8, 4) is 11.5 Å². The van der Waals surface area contributed by atoms with Gasteiger partial charge in [-0.3, -0.25) is 0 Å². The number of rotatable bonds is 3. The minimum Gasteiger partial charge on any atom is -0.504 e. The van der Waals surface area contributed by atoms with Crippen LogP contribution in [0, 0.1) is 5.92 Å². The van der Waals surface area contributed by atoms with Crippen molar-refractivity contribution in [3.05, 3.63) is 22.7 Å². The number of halogens is 1. The molecule has 94 valence electrons. The van der Waals surface area contributed by atoms with Crippen LogP contribution in [-0.2, 0) is 6.42 Å². The molecule has 1 fully saturated rings. The van der Waals surface area contributed by atoms with Crippen molar-refractivity contribution >= 4 is 11.6 Å². The van der Waals surface area contributed by atoms with E-state index in [4.69, 9.17) is 16.3 Å². The van der Waals surface area contributed by atoms with Gasteiger partial charge in [-0.2, -0.15) is 0 Å². The zero-order valence-electron chi connectivity index (χ0n) is 10.0. The van der Waals surface area contributed by atoms with Crippen LogP contribution < -0.4 is 10.1 Å². The van der Waals surface area contributed by atoms with Gasteiger partial charge in [-0.1, -0.05) is 11.6 Å². The van der Waals surface area contributed by atoms with Crippen LogP contribution in [0.25, 0.3) is 0 Å². The summed E-state index contributed by atoms with van der Waals surface area (Å²) in [6.07, 6.45) is 3.09. The number of phenolic OH excluding ortho intramolecular Hbond substituents is 1. The lowest BCUT2D eigenvalue weighted by atomic mass is 9.90. The molecule has 4 heteroatoms. The van der Waals surface area contributed by atoms with Gasteiger partial charge in [0.2, 0.25) is 0 Å².